The van der Waals surface area contributed by atoms with Crippen LogP contribution in [0.1, 0.15) is 19.2 Å². The van der Waals surface area contributed by atoms with E-state index in [1.807, 2.05) is 10.8 Å². The average Bonchev–Trinajstić information content (AvgIpc) is 2.68. The second-order valence-electron chi connectivity index (χ2n) is 3.16. The molecule has 0 fully saturated rings. The first-order chi connectivity index (χ1) is 7.31. The van der Waals surface area contributed by atoms with Crippen molar-refractivity contribution in [3.05, 3.63) is 34.2 Å². The molecule has 0 spiro atoms. The Balaban J connectivity index is 2.36. The maximum atomic E-state index is 4.29. The molecule has 15 heavy (non-hydrogen) atoms. The SMILES string of the molecule is CCCc1nccn1-c1ncc(I)cn1. The largest absolute Gasteiger partial charge is 0.272 e. The maximum absolute atomic E-state index is 4.29. The van der Waals surface area contributed by atoms with Crippen molar-refractivity contribution in [3.8, 4) is 5.95 Å². The van der Waals surface area contributed by atoms with Gasteiger partial charge in [-0.15, -0.1) is 0 Å². The van der Waals surface area contributed by atoms with Crippen LogP contribution in [0.3, 0.4) is 0 Å². The number of nitrogens with zero attached hydrogens (tertiary/aromatic N) is 4. The Bertz CT molecular complexity index is 435. The molecule has 0 radical (unpaired) electrons. The smallest absolute Gasteiger partial charge is 0.235 e. The fourth-order valence-corrected chi connectivity index (χ4v) is 1.63. The first kappa shape index (κ1) is 10.5. The summed E-state index contributed by atoms with van der Waals surface area (Å²) >= 11 is 2.19. The summed E-state index contributed by atoms with van der Waals surface area (Å²) < 4.78 is 2.97. The molecule has 0 aliphatic rings. The number of hydrogen-bond acceptors (Lipinski definition) is 3. The average molecular weight is 314 g/mol. The topological polar surface area (TPSA) is 43.6 Å². The highest BCUT2D eigenvalue weighted by atomic mass is 127. The van der Waals surface area contributed by atoms with E-state index < -0.39 is 0 Å². The van der Waals surface area contributed by atoms with Crippen molar-refractivity contribution >= 4 is 22.6 Å². The summed E-state index contributed by atoms with van der Waals surface area (Å²) in [6, 6.07) is 0. The normalized spacial score (nSPS) is 10.5. The molecule has 0 aliphatic carbocycles. The molecule has 0 saturated carbocycles. The van der Waals surface area contributed by atoms with Gasteiger partial charge in [0.15, 0.2) is 0 Å². The van der Waals surface area contributed by atoms with Crippen molar-refractivity contribution in [2.45, 2.75) is 19.8 Å². The maximum Gasteiger partial charge on any atom is 0.235 e. The van der Waals surface area contributed by atoms with Gasteiger partial charge in [-0.2, -0.15) is 0 Å². The third-order valence-corrected chi connectivity index (χ3v) is 2.57. The fourth-order valence-electron chi connectivity index (χ4n) is 1.35. The van der Waals surface area contributed by atoms with E-state index in [2.05, 4.69) is 44.5 Å². The second kappa shape index (κ2) is 4.69. The number of rotatable bonds is 3. The lowest BCUT2D eigenvalue weighted by atomic mass is 10.3. The van der Waals surface area contributed by atoms with E-state index in [9.17, 15) is 0 Å². The molecule has 2 heterocycles. The highest BCUT2D eigenvalue weighted by Gasteiger charge is 2.05. The van der Waals surface area contributed by atoms with Crippen LogP contribution in [0, 0.1) is 3.57 Å². The molecular weight excluding hydrogens is 303 g/mol. The van der Waals surface area contributed by atoms with E-state index in [1.165, 1.54) is 0 Å². The number of aryl methyl sites for hydroxylation is 1. The minimum atomic E-state index is 0.691. The van der Waals surface area contributed by atoms with Crippen LogP contribution in [0.25, 0.3) is 5.95 Å². The first-order valence-electron chi connectivity index (χ1n) is 4.81. The van der Waals surface area contributed by atoms with Gasteiger partial charge < -0.3 is 0 Å². The molecule has 0 aromatic carbocycles. The Labute approximate surface area is 102 Å². The zero-order chi connectivity index (χ0) is 10.7. The van der Waals surface area contributed by atoms with Crippen LogP contribution in [0.2, 0.25) is 0 Å². The van der Waals surface area contributed by atoms with Gasteiger partial charge in [0.05, 0.1) is 0 Å². The lowest BCUT2D eigenvalue weighted by Gasteiger charge is -2.04. The molecule has 4 nitrogen and oxygen atoms in total. The molecule has 0 atom stereocenters. The van der Waals surface area contributed by atoms with Gasteiger partial charge in [0, 0.05) is 34.8 Å². The van der Waals surface area contributed by atoms with Crippen molar-refractivity contribution < 1.29 is 0 Å². The third-order valence-electron chi connectivity index (χ3n) is 2.01. The van der Waals surface area contributed by atoms with E-state index in [0.29, 0.717) is 5.95 Å². The zero-order valence-electron chi connectivity index (χ0n) is 8.39. The van der Waals surface area contributed by atoms with Gasteiger partial charge in [0.1, 0.15) is 5.82 Å². The second-order valence-corrected chi connectivity index (χ2v) is 4.41. The molecule has 0 aliphatic heterocycles. The number of aromatic nitrogens is 4. The van der Waals surface area contributed by atoms with Gasteiger partial charge in [0.25, 0.3) is 0 Å². The standard InChI is InChI=1S/C10H11IN4/c1-2-3-9-12-4-5-15(9)10-13-6-8(11)7-14-10/h4-7H,2-3H2,1H3. The lowest BCUT2D eigenvalue weighted by molar-refractivity contribution is 0.781. The van der Waals surface area contributed by atoms with Crippen LogP contribution in [-0.2, 0) is 6.42 Å². The van der Waals surface area contributed by atoms with Gasteiger partial charge in [-0.25, -0.2) is 15.0 Å². The van der Waals surface area contributed by atoms with Crippen LogP contribution in [-0.4, -0.2) is 19.5 Å². The lowest BCUT2D eigenvalue weighted by Crippen LogP contribution is -2.04. The van der Waals surface area contributed by atoms with Crippen molar-refractivity contribution in [1.29, 1.82) is 0 Å². The third kappa shape index (κ3) is 2.34. The minimum Gasteiger partial charge on any atom is -0.272 e. The summed E-state index contributed by atoms with van der Waals surface area (Å²) in [7, 11) is 0. The van der Waals surface area contributed by atoms with Crippen LogP contribution in [0.4, 0.5) is 0 Å². The van der Waals surface area contributed by atoms with Crippen LogP contribution >= 0.6 is 22.6 Å². The molecule has 2 rings (SSSR count). The van der Waals surface area contributed by atoms with Gasteiger partial charge in [0.2, 0.25) is 5.95 Å². The van der Waals surface area contributed by atoms with E-state index >= 15 is 0 Å². The number of hydrogen-bond donors (Lipinski definition) is 0. The first-order valence-corrected chi connectivity index (χ1v) is 5.89. The fraction of sp³-hybridized carbons (Fsp3) is 0.300. The van der Waals surface area contributed by atoms with E-state index in [-0.39, 0.29) is 0 Å². The van der Waals surface area contributed by atoms with Crippen molar-refractivity contribution in [2.24, 2.45) is 0 Å². The van der Waals surface area contributed by atoms with Crippen LogP contribution in [0.15, 0.2) is 24.8 Å². The Kier molecular flexibility index (Phi) is 3.30. The molecule has 2 aromatic heterocycles. The summed E-state index contributed by atoms with van der Waals surface area (Å²) in [6.45, 7) is 2.13. The summed E-state index contributed by atoms with van der Waals surface area (Å²) in [5.41, 5.74) is 0. The van der Waals surface area contributed by atoms with Gasteiger partial charge in [-0.05, 0) is 29.0 Å². The van der Waals surface area contributed by atoms with Crippen molar-refractivity contribution in [2.75, 3.05) is 0 Å². The Morgan fingerprint density at radius 1 is 1.27 bits per heavy atom. The molecule has 0 saturated heterocycles. The molecule has 0 bridgehead atoms. The highest BCUT2D eigenvalue weighted by molar-refractivity contribution is 14.1. The quantitative estimate of drug-likeness (QED) is 0.816. The van der Waals surface area contributed by atoms with E-state index in [4.69, 9.17) is 0 Å². The zero-order valence-corrected chi connectivity index (χ0v) is 10.5. The Morgan fingerprint density at radius 3 is 2.67 bits per heavy atom. The van der Waals surface area contributed by atoms with E-state index in [1.54, 1.807) is 18.6 Å². The molecule has 0 N–H and O–H groups in total. The van der Waals surface area contributed by atoms with Crippen molar-refractivity contribution in [1.82, 2.24) is 19.5 Å². The van der Waals surface area contributed by atoms with Gasteiger partial charge in [-0.1, -0.05) is 6.92 Å². The number of halogens is 1. The Hall–Kier alpha value is -0.980. The van der Waals surface area contributed by atoms with Crippen molar-refractivity contribution in [3.63, 3.8) is 0 Å². The molecular formula is C10H11IN4. The molecule has 0 unspecified atom stereocenters. The minimum absolute atomic E-state index is 0.691. The molecule has 78 valence electrons. The highest BCUT2D eigenvalue weighted by Crippen LogP contribution is 2.08. The number of imidazole rings is 1. The Morgan fingerprint density at radius 2 is 2.00 bits per heavy atom. The summed E-state index contributed by atoms with van der Waals surface area (Å²) in [5, 5.41) is 0. The van der Waals surface area contributed by atoms with Crippen LogP contribution in [0.5, 0.6) is 0 Å². The molecule has 0 amide bonds. The monoisotopic (exact) mass is 314 g/mol. The van der Waals surface area contributed by atoms with Crippen LogP contribution < -0.4 is 0 Å². The summed E-state index contributed by atoms with van der Waals surface area (Å²) in [6.07, 6.45) is 9.31. The van der Waals surface area contributed by atoms with Gasteiger partial charge >= 0.3 is 0 Å². The molecule has 2 aromatic rings. The van der Waals surface area contributed by atoms with Gasteiger partial charge in [-0.3, -0.25) is 4.57 Å². The summed E-state index contributed by atoms with van der Waals surface area (Å²) in [5.74, 6) is 1.70. The molecule has 5 heteroatoms. The predicted octanol–water partition coefficient (Wildman–Crippen LogP) is 2.22. The van der Waals surface area contributed by atoms with E-state index in [0.717, 1.165) is 22.2 Å². The predicted molar refractivity (Wildman–Crippen MR) is 65.9 cm³/mol. The summed E-state index contributed by atoms with van der Waals surface area (Å²) in [4.78, 5) is 12.8.